The Labute approximate surface area is 150 Å². The highest BCUT2D eigenvalue weighted by molar-refractivity contribution is 6.01. The molecule has 1 aliphatic heterocycles. The third-order valence-electron chi connectivity index (χ3n) is 4.70. The third-order valence-corrected chi connectivity index (χ3v) is 4.70. The first kappa shape index (κ1) is 16.2. The smallest absolute Gasteiger partial charge is 0.251 e. The van der Waals surface area contributed by atoms with Gasteiger partial charge in [0.25, 0.3) is 5.91 Å². The maximum atomic E-state index is 13.1. The molecule has 26 heavy (non-hydrogen) atoms. The maximum Gasteiger partial charge on any atom is 0.251 e. The van der Waals surface area contributed by atoms with E-state index in [0.29, 0.717) is 24.4 Å². The van der Waals surface area contributed by atoms with Crippen molar-refractivity contribution in [2.45, 2.75) is 12.5 Å². The van der Waals surface area contributed by atoms with Gasteiger partial charge in [-0.25, -0.2) is 0 Å². The molecule has 0 aliphatic carbocycles. The zero-order valence-electron chi connectivity index (χ0n) is 14.4. The third kappa shape index (κ3) is 2.79. The van der Waals surface area contributed by atoms with E-state index < -0.39 is 6.04 Å². The van der Waals surface area contributed by atoms with Crippen molar-refractivity contribution in [2.24, 2.45) is 0 Å². The van der Waals surface area contributed by atoms with E-state index in [9.17, 15) is 9.59 Å². The second kappa shape index (κ2) is 6.55. The van der Waals surface area contributed by atoms with E-state index in [0.717, 1.165) is 16.5 Å². The Morgan fingerprint density at radius 3 is 2.81 bits per heavy atom. The fraction of sp³-hybridized carbons (Fsp3) is 0.200. The van der Waals surface area contributed by atoms with E-state index >= 15 is 0 Å². The molecular weight excluding hydrogens is 330 g/mol. The standard InChI is InChI=1S/C20H19N3O3/c1-26-14-6-4-5-13(11-14)22-20(25)19(23-10-9-18(23)24)16-12-21-17-8-3-2-7-15(16)17/h2-8,11-12,19,21H,9-10H2,1H3,(H,22,25)/t19-/m0/s1. The number of benzene rings is 2. The van der Waals surface area contributed by atoms with E-state index in [2.05, 4.69) is 10.3 Å². The first-order valence-corrected chi connectivity index (χ1v) is 8.48. The summed E-state index contributed by atoms with van der Waals surface area (Å²) in [5, 5.41) is 3.86. The monoisotopic (exact) mass is 349 g/mol. The van der Waals surface area contributed by atoms with E-state index in [-0.39, 0.29) is 11.8 Å². The van der Waals surface area contributed by atoms with Crippen LogP contribution in [0.5, 0.6) is 5.75 Å². The van der Waals surface area contributed by atoms with Crippen LogP contribution < -0.4 is 10.1 Å². The minimum Gasteiger partial charge on any atom is -0.497 e. The number of methoxy groups -OCH3 is 1. The number of nitrogens with zero attached hydrogens (tertiary/aromatic N) is 1. The van der Waals surface area contributed by atoms with Gasteiger partial charge in [0, 0.05) is 47.4 Å². The van der Waals surface area contributed by atoms with Crippen molar-refractivity contribution in [3.8, 4) is 5.75 Å². The summed E-state index contributed by atoms with van der Waals surface area (Å²) in [4.78, 5) is 30.0. The summed E-state index contributed by atoms with van der Waals surface area (Å²) in [7, 11) is 1.58. The van der Waals surface area contributed by atoms with Crippen molar-refractivity contribution in [3.63, 3.8) is 0 Å². The quantitative estimate of drug-likeness (QED) is 0.695. The largest absolute Gasteiger partial charge is 0.497 e. The highest BCUT2D eigenvalue weighted by atomic mass is 16.5. The molecule has 1 atom stereocenters. The molecule has 1 aromatic heterocycles. The van der Waals surface area contributed by atoms with Crippen molar-refractivity contribution in [1.82, 2.24) is 9.88 Å². The van der Waals surface area contributed by atoms with Gasteiger partial charge in [0.05, 0.1) is 7.11 Å². The van der Waals surface area contributed by atoms with E-state index in [1.54, 1.807) is 24.1 Å². The Bertz CT molecular complexity index is 979. The molecule has 1 saturated heterocycles. The zero-order chi connectivity index (χ0) is 18.1. The summed E-state index contributed by atoms with van der Waals surface area (Å²) >= 11 is 0. The summed E-state index contributed by atoms with van der Waals surface area (Å²) in [5.74, 6) is 0.406. The normalized spacial score (nSPS) is 14.8. The summed E-state index contributed by atoms with van der Waals surface area (Å²) in [5.41, 5.74) is 2.37. The second-order valence-electron chi connectivity index (χ2n) is 6.25. The Morgan fingerprint density at radius 2 is 2.08 bits per heavy atom. The summed E-state index contributed by atoms with van der Waals surface area (Å²) in [6, 6.07) is 14.3. The lowest BCUT2D eigenvalue weighted by atomic mass is 9.99. The fourth-order valence-corrected chi connectivity index (χ4v) is 3.29. The highest BCUT2D eigenvalue weighted by Gasteiger charge is 2.38. The number of carbonyl (C=O) groups is 2. The Morgan fingerprint density at radius 1 is 1.23 bits per heavy atom. The Balaban J connectivity index is 1.69. The molecule has 2 amide bonds. The first-order chi connectivity index (χ1) is 12.7. The van der Waals surface area contributed by atoms with Gasteiger partial charge in [0.1, 0.15) is 11.8 Å². The number of para-hydroxylation sites is 1. The molecule has 3 aromatic rings. The lowest BCUT2D eigenvalue weighted by Crippen LogP contribution is -2.49. The molecule has 0 unspecified atom stereocenters. The van der Waals surface area contributed by atoms with Crippen molar-refractivity contribution >= 4 is 28.4 Å². The van der Waals surface area contributed by atoms with Crippen LogP contribution in [0.3, 0.4) is 0 Å². The number of β-lactam (4-membered cyclic amide) rings is 1. The highest BCUT2D eigenvalue weighted by Crippen LogP contribution is 2.33. The molecule has 1 aliphatic rings. The number of carbonyl (C=O) groups excluding carboxylic acids is 2. The molecule has 2 heterocycles. The fourth-order valence-electron chi connectivity index (χ4n) is 3.29. The van der Waals surface area contributed by atoms with Crippen LogP contribution in [0.25, 0.3) is 10.9 Å². The van der Waals surface area contributed by atoms with Crippen LogP contribution >= 0.6 is 0 Å². The van der Waals surface area contributed by atoms with Crippen LogP contribution in [0.4, 0.5) is 5.69 Å². The van der Waals surface area contributed by atoms with Gasteiger partial charge in [-0.1, -0.05) is 24.3 Å². The number of anilines is 1. The predicted octanol–water partition coefficient (Wildman–Crippen LogP) is 3.09. The van der Waals surface area contributed by atoms with Gasteiger partial charge >= 0.3 is 0 Å². The van der Waals surface area contributed by atoms with Crippen molar-refractivity contribution in [3.05, 3.63) is 60.3 Å². The first-order valence-electron chi connectivity index (χ1n) is 8.48. The minimum atomic E-state index is -0.668. The molecular formula is C20H19N3O3. The van der Waals surface area contributed by atoms with Crippen LogP contribution in [-0.2, 0) is 9.59 Å². The Kier molecular flexibility index (Phi) is 4.08. The van der Waals surface area contributed by atoms with Gasteiger partial charge in [-0.05, 0) is 18.2 Å². The number of fused-ring (bicyclic) bond motifs is 1. The van der Waals surface area contributed by atoms with Crippen LogP contribution in [-0.4, -0.2) is 35.4 Å². The van der Waals surface area contributed by atoms with Gasteiger partial charge < -0.3 is 19.9 Å². The molecule has 6 heteroatoms. The molecule has 2 aromatic carbocycles. The average Bonchev–Trinajstić information content (AvgIpc) is 3.08. The van der Waals surface area contributed by atoms with Gasteiger partial charge in [0.2, 0.25) is 5.91 Å². The summed E-state index contributed by atoms with van der Waals surface area (Å²) in [6.07, 6.45) is 2.29. The molecule has 0 spiro atoms. The van der Waals surface area contributed by atoms with Crippen molar-refractivity contribution in [1.29, 1.82) is 0 Å². The SMILES string of the molecule is COc1cccc(NC(=O)[C@H](c2c[nH]c3ccccc23)N2CCC2=O)c1. The number of nitrogens with one attached hydrogen (secondary N) is 2. The van der Waals surface area contributed by atoms with Crippen LogP contribution in [0.1, 0.15) is 18.0 Å². The summed E-state index contributed by atoms with van der Waals surface area (Å²) < 4.78 is 5.20. The van der Waals surface area contributed by atoms with Crippen LogP contribution in [0, 0.1) is 0 Å². The lowest BCUT2D eigenvalue weighted by Gasteiger charge is -2.37. The van der Waals surface area contributed by atoms with Gasteiger partial charge in [-0.3, -0.25) is 9.59 Å². The maximum absolute atomic E-state index is 13.1. The van der Waals surface area contributed by atoms with Crippen LogP contribution in [0.2, 0.25) is 0 Å². The van der Waals surface area contributed by atoms with E-state index in [4.69, 9.17) is 4.74 Å². The Hall–Kier alpha value is -3.28. The molecule has 0 bridgehead atoms. The lowest BCUT2D eigenvalue weighted by molar-refractivity contribution is -0.147. The predicted molar refractivity (Wildman–Crippen MR) is 99.0 cm³/mol. The van der Waals surface area contributed by atoms with Gasteiger partial charge in [-0.15, -0.1) is 0 Å². The minimum absolute atomic E-state index is 0.0129. The van der Waals surface area contributed by atoms with Crippen molar-refractivity contribution < 1.29 is 14.3 Å². The number of hydrogen-bond donors (Lipinski definition) is 2. The number of hydrogen-bond acceptors (Lipinski definition) is 3. The van der Waals surface area contributed by atoms with E-state index in [1.807, 2.05) is 42.6 Å². The molecule has 132 valence electrons. The average molecular weight is 349 g/mol. The molecule has 2 N–H and O–H groups in total. The number of ether oxygens (including phenoxy) is 1. The van der Waals surface area contributed by atoms with Crippen molar-refractivity contribution in [2.75, 3.05) is 19.0 Å². The number of H-pyrrole nitrogens is 1. The molecule has 0 radical (unpaired) electrons. The number of likely N-dealkylation sites (tertiary alicyclic amines) is 1. The number of amides is 2. The molecule has 0 saturated carbocycles. The number of aromatic amines is 1. The van der Waals surface area contributed by atoms with Gasteiger partial charge in [0.15, 0.2) is 0 Å². The number of rotatable bonds is 5. The van der Waals surface area contributed by atoms with Gasteiger partial charge in [-0.2, -0.15) is 0 Å². The zero-order valence-corrected chi connectivity index (χ0v) is 14.4. The number of aromatic nitrogens is 1. The topological polar surface area (TPSA) is 74.4 Å². The molecule has 4 rings (SSSR count). The second-order valence-corrected chi connectivity index (χ2v) is 6.25. The molecule has 6 nitrogen and oxygen atoms in total. The van der Waals surface area contributed by atoms with E-state index in [1.165, 1.54) is 0 Å². The van der Waals surface area contributed by atoms with Crippen LogP contribution in [0.15, 0.2) is 54.7 Å². The molecule has 1 fully saturated rings. The summed E-state index contributed by atoms with van der Waals surface area (Å²) in [6.45, 7) is 0.578.